The minimum Gasteiger partial charge on any atom is -0.508 e. The molecule has 0 radical (unpaired) electrons. The van der Waals surface area contributed by atoms with Crippen LogP contribution in [-0.2, 0) is 0 Å². The SMILES string of the molecule is O=C(c1n[nH]n(/N=C/c2ccc(O)cc2)c1=O)N1CCNCC1. The van der Waals surface area contributed by atoms with Gasteiger partial charge in [-0.05, 0) is 29.8 Å². The van der Waals surface area contributed by atoms with Gasteiger partial charge in [-0.15, -0.1) is 9.89 Å². The average Bonchev–Trinajstić information content (AvgIpc) is 2.95. The molecule has 3 rings (SSSR count). The number of hydrogen-bond acceptors (Lipinski definition) is 6. The van der Waals surface area contributed by atoms with E-state index in [4.69, 9.17) is 0 Å². The van der Waals surface area contributed by atoms with Crippen molar-refractivity contribution in [3.8, 4) is 5.75 Å². The number of H-pyrrole nitrogens is 1. The van der Waals surface area contributed by atoms with Crippen molar-refractivity contribution >= 4 is 12.1 Å². The Labute approximate surface area is 131 Å². The van der Waals surface area contributed by atoms with Gasteiger partial charge in [0.1, 0.15) is 5.75 Å². The van der Waals surface area contributed by atoms with Crippen molar-refractivity contribution in [3.05, 3.63) is 45.9 Å². The van der Waals surface area contributed by atoms with Crippen LogP contribution >= 0.6 is 0 Å². The molecular formula is C14H16N6O3. The third-order valence-corrected chi connectivity index (χ3v) is 3.47. The van der Waals surface area contributed by atoms with Crippen molar-refractivity contribution in [2.24, 2.45) is 5.10 Å². The number of aromatic hydroxyl groups is 1. The monoisotopic (exact) mass is 316 g/mol. The summed E-state index contributed by atoms with van der Waals surface area (Å²) in [6.45, 7) is 2.48. The molecule has 1 fully saturated rings. The number of nitrogens with one attached hydrogen (secondary N) is 2. The third-order valence-electron chi connectivity index (χ3n) is 3.47. The maximum atomic E-state index is 12.3. The molecule has 1 aliphatic rings. The van der Waals surface area contributed by atoms with Crippen molar-refractivity contribution in [3.63, 3.8) is 0 Å². The number of phenolic OH excluding ortho intramolecular Hbond substituents is 1. The molecule has 23 heavy (non-hydrogen) atoms. The number of carbonyl (C=O) groups is 1. The van der Waals surface area contributed by atoms with Gasteiger partial charge in [0.15, 0.2) is 0 Å². The summed E-state index contributed by atoms with van der Waals surface area (Å²) in [7, 11) is 0. The number of rotatable bonds is 3. The number of phenols is 1. The van der Waals surface area contributed by atoms with E-state index in [9.17, 15) is 14.7 Å². The van der Waals surface area contributed by atoms with Crippen molar-refractivity contribution in [2.75, 3.05) is 26.2 Å². The Hall–Kier alpha value is -2.94. The number of amides is 1. The summed E-state index contributed by atoms with van der Waals surface area (Å²) >= 11 is 0. The summed E-state index contributed by atoms with van der Waals surface area (Å²) < 4.78 is 0. The Balaban J connectivity index is 1.77. The number of piperazine rings is 1. The van der Waals surface area contributed by atoms with Crippen LogP contribution in [0.15, 0.2) is 34.2 Å². The summed E-state index contributed by atoms with van der Waals surface area (Å²) in [6.07, 6.45) is 1.43. The van der Waals surface area contributed by atoms with Crippen LogP contribution in [0.5, 0.6) is 5.75 Å². The van der Waals surface area contributed by atoms with Gasteiger partial charge in [0, 0.05) is 26.2 Å². The highest BCUT2D eigenvalue weighted by Crippen LogP contribution is 2.07. The van der Waals surface area contributed by atoms with Gasteiger partial charge >= 0.3 is 5.56 Å². The Kier molecular flexibility index (Phi) is 4.20. The van der Waals surface area contributed by atoms with Crippen LogP contribution < -0.4 is 10.9 Å². The lowest BCUT2D eigenvalue weighted by Crippen LogP contribution is -2.47. The van der Waals surface area contributed by atoms with Crippen LogP contribution in [0, 0.1) is 0 Å². The maximum absolute atomic E-state index is 12.3. The molecule has 0 unspecified atom stereocenters. The molecule has 9 heteroatoms. The molecule has 0 bridgehead atoms. The van der Waals surface area contributed by atoms with Gasteiger partial charge in [0.25, 0.3) is 5.91 Å². The molecule has 1 aliphatic heterocycles. The number of benzene rings is 1. The first-order chi connectivity index (χ1) is 11.1. The summed E-state index contributed by atoms with van der Waals surface area (Å²) in [4.78, 5) is 26.9. The van der Waals surface area contributed by atoms with E-state index >= 15 is 0 Å². The highest BCUT2D eigenvalue weighted by atomic mass is 16.3. The second kappa shape index (κ2) is 6.44. The van der Waals surface area contributed by atoms with Gasteiger partial charge in [0.2, 0.25) is 5.69 Å². The van der Waals surface area contributed by atoms with E-state index in [1.54, 1.807) is 17.0 Å². The molecule has 1 amide bonds. The van der Waals surface area contributed by atoms with E-state index in [0.717, 1.165) is 4.79 Å². The summed E-state index contributed by atoms with van der Waals surface area (Å²) in [5, 5.41) is 22.5. The fourth-order valence-corrected chi connectivity index (χ4v) is 2.21. The highest BCUT2D eigenvalue weighted by Gasteiger charge is 2.24. The molecule has 2 heterocycles. The number of nitrogens with zero attached hydrogens (tertiary/aromatic N) is 4. The molecule has 120 valence electrons. The number of hydrogen-bond donors (Lipinski definition) is 3. The predicted molar refractivity (Wildman–Crippen MR) is 82.7 cm³/mol. The van der Waals surface area contributed by atoms with Crippen LogP contribution in [0.3, 0.4) is 0 Å². The van der Waals surface area contributed by atoms with Crippen molar-refractivity contribution in [2.45, 2.75) is 0 Å². The summed E-state index contributed by atoms with van der Waals surface area (Å²) in [6, 6.07) is 6.31. The van der Waals surface area contributed by atoms with E-state index in [1.165, 1.54) is 18.3 Å². The summed E-state index contributed by atoms with van der Waals surface area (Å²) in [5.74, 6) is -0.254. The number of carbonyl (C=O) groups excluding carboxylic acids is 1. The Bertz CT molecular complexity index is 771. The van der Waals surface area contributed by atoms with E-state index in [-0.39, 0.29) is 11.4 Å². The Morgan fingerprint density at radius 2 is 1.96 bits per heavy atom. The normalized spacial score (nSPS) is 15.2. The minimum atomic E-state index is -0.594. The zero-order valence-electron chi connectivity index (χ0n) is 12.3. The van der Waals surface area contributed by atoms with Crippen LogP contribution in [0.2, 0.25) is 0 Å². The number of aromatic amines is 1. The lowest BCUT2D eigenvalue weighted by Gasteiger charge is -2.26. The van der Waals surface area contributed by atoms with E-state index in [0.29, 0.717) is 31.7 Å². The lowest BCUT2D eigenvalue weighted by atomic mass is 10.2. The molecule has 1 aromatic heterocycles. The maximum Gasteiger partial charge on any atom is 0.320 e. The van der Waals surface area contributed by atoms with Gasteiger partial charge < -0.3 is 15.3 Å². The second-order valence-electron chi connectivity index (χ2n) is 5.06. The molecule has 0 atom stereocenters. The molecule has 9 nitrogen and oxygen atoms in total. The van der Waals surface area contributed by atoms with Gasteiger partial charge in [0.05, 0.1) is 6.21 Å². The predicted octanol–water partition coefficient (Wildman–Crippen LogP) is -0.795. The molecule has 2 aromatic rings. The van der Waals surface area contributed by atoms with Crippen molar-refractivity contribution in [1.29, 1.82) is 0 Å². The molecular weight excluding hydrogens is 300 g/mol. The van der Waals surface area contributed by atoms with Crippen LogP contribution in [0.25, 0.3) is 0 Å². The van der Waals surface area contributed by atoms with Crippen LogP contribution in [-0.4, -0.2) is 63.4 Å². The standard InChI is InChI=1S/C14H16N6O3/c21-11-3-1-10(2-4-11)9-16-20-14(23)12(17-18-20)13(22)19-7-5-15-6-8-19/h1-4,9,15,18,21H,5-8H2/b16-9+. The third kappa shape index (κ3) is 3.29. The fourth-order valence-electron chi connectivity index (χ4n) is 2.21. The molecule has 0 aliphatic carbocycles. The smallest absolute Gasteiger partial charge is 0.320 e. The van der Waals surface area contributed by atoms with E-state index in [1.807, 2.05) is 0 Å². The highest BCUT2D eigenvalue weighted by molar-refractivity contribution is 5.92. The van der Waals surface area contributed by atoms with Gasteiger partial charge in [-0.2, -0.15) is 10.3 Å². The first kappa shape index (κ1) is 15.0. The van der Waals surface area contributed by atoms with Crippen molar-refractivity contribution < 1.29 is 9.90 Å². The minimum absolute atomic E-state index is 0.143. The zero-order chi connectivity index (χ0) is 16.2. The Morgan fingerprint density at radius 3 is 2.65 bits per heavy atom. The van der Waals surface area contributed by atoms with Crippen LogP contribution in [0.4, 0.5) is 0 Å². The molecule has 0 saturated carbocycles. The van der Waals surface area contributed by atoms with Gasteiger partial charge in [-0.1, -0.05) is 0 Å². The summed E-state index contributed by atoms with van der Waals surface area (Å²) in [5.41, 5.74) is -0.0717. The first-order valence-corrected chi connectivity index (χ1v) is 7.16. The quantitative estimate of drug-likeness (QED) is 0.642. The lowest BCUT2D eigenvalue weighted by molar-refractivity contribution is 0.0728. The molecule has 3 N–H and O–H groups in total. The van der Waals surface area contributed by atoms with E-state index < -0.39 is 11.5 Å². The topological polar surface area (TPSA) is 116 Å². The largest absolute Gasteiger partial charge is 0.508 e. The molecule has 1 aromatic carbocycles. The molecule has 0 spiro atoms. The second-order valence-corrected chi connectivity index (χ2v) is 5.06. The zero-order valence-corrected chi connectivity index (χ0v) is 12.3. The van der Waals surface area contributed by atoms with Gasteiger partial charge in [-0.3, -0.25) is 9.59 Å². The first-order valence-electron chi connectivity index (χ1n) is 7.16. The van der Waals surface area contributed by atoms with Crippen molar-refractivity contribution in [1.82, 2.24) is 25.3 Å². The average molecular weight is 316 g/mol. The fraction of sp³-hybridized carbons (Fsp3) is 0.286. The Morgan fingerprint density at radius 1 is 1.26 bits per heavy atom. The number of aromatic nitrogens is 3. The van der Waals surface area contributed by atoms with Crippen LogP contribution in [0.1, 0.15) is 16.1 Å². The molecule has 1 saturated heterocycles. The van der Waals surface area contributed by atoms with E-state index in [2.05, 4.69) is 20.7 Å². The van der Waals surface area contributed by atoms with Gasteiger partial charge in [-0.25, -0.2) is 0 Å².